The number of methoxy groups -OCH3 is 2. The first-order chi connectivity index (χ1) is 14.7. The third-order valence-electron chi connectivity index (χ3n) is 5.28. The second-order valence-electron chi connectivity index (χ2n) is 7.76. The van der Waals surface area contributed by atoms with E-state index in [1.807, 2.05) is 0 Å². The molecule has 1 aromatic carbocycles. The number of unbranched alkanes of at least 4 members (excludes halogenated alkanes) is 3. The van der Waals surface area contributed by atoms with Crippen molar-refractivity contribution in [2.45, 2.75) is 64.2 Å². The molecule has 0 amide bonds. The summed E-state index contributed by atoms with van der Waals surface area (Å²) in [7, 11) is -4.41. The van der Waals surface area contributed by atoms with Gasteiger partial charge in [0.05, 0.1) is 0 Å². The van der Waals surface area contributed by atoms with E-state index in [1.54, 1.807) is 0 Å². The van der Waals surface area contributed by atoms with Crippen LogP contribution < -0.4 is 0 Å². The quantitative estimate of drug-likeness (QED) is 0.274. The first-order valence-electron chi connectivity index (χ1n) is 11.0. The van der Waals surface area contributed by atoms with E-state index in [0.717, 1.165) is 57.0 Å². The topological polar surface area (TPSA) is 96.0 Å². The van der Waals surface area contributed by atoms with Gasteiger partial charge in [0, 0.05) is 0 Å². The SMILES string of the molecule is CCCC[PH](CCCC)(CCCC)OS(=O)(=O)c1cc(C(=O)OC)cc(C(=O)OC)c1. The Bertz CT molecular complexity index is 780. The van der Waals surface area contributed by atoms with Gasteiger partial charge in [-0.15, -0.1) is 0 Å². The van der Waals surface area contributed by atoms with E-state index < -0.39 is 29.5 Å². The molecule has 0 atom stereocenters. The molecule has 178 valence electrons. The van der Waals surface area contributed by atoms with Crippen LogP contribution in [0.15, 0.2) is 23.1 Å². The fraction of sp³-hybridized carbons (Fsp3) is 0.636. The minimum absolute atomic E-state index is 0.0458. The van der Waals surface area contributed by atoms with Crippen molar-refractivity contribution in [3.05, 3.63) is 29.3 Å². The average Bonchev–Trinajstić information content (AvgIpc) is 2.78. The van der Waals surface area contributed by atoms with Gasteiger partial charge in [0.15, 0.2) is 0 Å². The van der Waals surface area contributed by atoms with Crippen LogP contribution in [-0.2, 0) is 23.6 Å². The molecule has 0 aromatic heterocycles. The zero-order valence-electron chi connectivity index (χ0n) is 19.4. The second-order valence-corrected chi connectivity index (χ2v) is 13.7. The summed E-state index contributed by atoms with van der Waals surface area (Å²) in [5, 5.41) is 0. The van der Waals surface area contributed by atoms with Gasteiger partial charge in [0.2, 0.25) is 0 Å². The summed E-state index contributed by atoms with van der Waals surface area (Å²) in [5.41, 5.74) is -0.0916. The molecular formula is C22H37O7PS. The van der Waals surface area contributed by atoms with Crippen molar-refractivity contribution in [1.82, 2.24) is 0 Å². The van der Waals surface area contributed by atoms with Crippen LogP contribution in [0.3, 0.4) is 0 Å². The van der Waals surface area contributed by atoms with Crippen LogP contribution in [0.4, 0.5) is 0 Å². The summed E-state index contributed by atoms with van der Waals surface area (Å²) in [6, 6.07) is 3.66. The first kappa shape index (κ1) is 27.5. The molecule has 1 aromatic rings. The fourth-order valence-corrected chi connectivity index (χ4v) is 11.0. The van der Waals surface area contributed by atoms with Crippen molar-refractivity contribution in [3.63, 3.8) is 0 Å². The molecule has 0 fully saturated rings. The summed E-state index contributed by atoms with van der Waals surface area (Å²) >= 11 is 0. The van der Waals surface area contributed by atoms with Gasteiger partial charge in [0.25, 0.3) is 0 Å². The molecule has 0 unspecified atom stereocenters. The molecule has 0 aliphatic carbocycles. The fourth-order valence-electron chi connectivity index (χ4n) is 3.49. The van der Waals surface area contributed by atoms with Gasteiger partial charge >= 0.3 is 187 Å². The van der Waals surface area contributed by atoms with E-state index in [-0.39, 0.29) is 16.0 Å². The number of rotatable bonds is 14. The predicted molar refractivity (Wildman–Crippen MR) is 125 cm³/mol. The van der Waals surface area contributed by atoms with Crippen molar-refractivity contribution >= 4 is 29.5 Å². The van der Waals surface area contributed by atoms with Crippen molar-refractivity contribution < 1.29 is 31.5 Å². The molecule has 0 heterocycles. The number of hydrogen-bond acceptors (Lipinski definition) is 7. The Morgan fingerprint density at radius 3 is 1.48 bits per heavy atom. The van der Waals surface area contributed by atoms with Crippen LogP contribution in [0.25, 0.3) is 0 Å². The Labute approximate surface area is 187 Å². The number of hydrogen-bond donors (Lipinski definition) is 0. The van der Waals surface area contributed by atoms with Gasteiger partial charge in [0.1, 0.15) is 0 Å². The Kier molecular flexibility index (Phi) is 11.7. The van der Waals surface area contributed by atoms with Crippen LogP contribution in [0.5, 0.6) is 0 Å². The van der Waals surface area contributed by atoms with Crippen LogP contribution in [0, 0.1) is 0 Å². The van der Waals surface area contributed by atoms with E-state index in [1.165, 1.54) is 32.4 Å². The summed E-state index contributed by atoms with van der Waals surface area (Å²) in [6.45, 7) is 6.24. The third kappa shape index (κ3) is 8.17. The van der Waals surface area contributed by atoms with Gasteiger partial charge in [-0.3, -0.25) is 0 Å². The van der Waals surface area contributed by atoms with Gasteiger partial charge < -0.3 is 0 Å². The van der Waals surface area contributed by atoms with Gasteiger partial charge in [-0.05, 0) is 0 Å². The maximum absolute atomic E-state index is 13.4. The predicted octanol–water partition coefficient (Wildman–Crippen LogP) is 5.03. The molecule has 0 aliphatic rings. The zero-order chi connectivity index (χ0) is 23.5. The molecule has 0 bridgehead atoms. The van der Waals surface area contributed by atoms with E-state index in [0.29, 0.717) is 0 Å². The first-order valence-corrected chi connectivity index (χ1v) is 14.9. The van der Waals surface area contributed by atoms with E-state index in [9.17, 15) is 18.0 Å². The summed E-state index contributed by atoms with van der Waals surface area (Å²) < 4.78 is 42.2. The van der Waals surface area contributed by atoms with Gasteiger partial charge in [-0.1, -0.05) is 0 Å². The molecule has 0 saturated heterocycles. The van der Waals surface area contributed by atoms with Crippen LogP contribution in [0.2, 0.25) is 0 Å². The van der Waals surface area contributed by atoms with Crippen molar-refractivity contribution in [1.29, 1.82) is 0 Å². The Balaban J connectivity index is 3.48. The molecule has 0 N–H and O–H groups in total. The number of carbonyl (C=O) groups is 2. The van der Waals surface area contributed by atoms with Crippen molar-refractivity contribution in [2.75, 3.05) is 32.7 Å². The average molecular weight is 477 g/mol. The minimum atomic E-state index is -4.19. The number of esters is 2. The third-order valence-corrected chi connectivity index (χ3v) is 12.2. The Hall–Kier alpha value is -1.50. The summed E-state index contributed by atoms with van der Waals surface area (Å²) in [6.07, 6.45) is 7.90. The molecular weight excluding hydrogens is 439 g/mol. The van der Waals surface area contributed by atoms with Gasteiger partial charge in [-0.25, -0.2) is 0 Å². The van der Waals surface area contributed by atoms with Crippen molar-refractivity contribution in [2.24, 2.45) is 0 Å². The molecule has 1 rings (SSSR count). The van der Waals surface area contributed by atoms with E-state index >= 15 is 0 Å². The van der Waals surface area contributed by atoms with E-state index in [2.05, 4.69) is 20.8 Å². The molecule has 0 spiro atoms. The summed E-state index contributed by atoms with van der Waals surface area (Å²) in [5.74, 6) is -1.48. The molecule has 0 saturated carbocycles. The number of benzene rings is 1. The molecule has 31 heavy (non-hydrogen) atoms. The van der Waals surface area contributed by atoms with Crippen LogP contribution in [-0.4, -0.2) is 53.1 Å². The summed E-state index contributed by atoms with van der Waals surface area (Å²) in [4.78, 5) is 23.9. The van der Waals surface area contributed by atoms with Crippen LogP contribution in [0.1, 0.15) is 80.0 Å². The molecule has 9 heteroatoms. The van der Waals surface area contributed by atoms with E-state index in [4.69, 9.17) is 13.4 Å². The van der Waals surface area contributed by atoms with Crippen molar-refractivity contribution in [3.8, 4) is 0 Å². The molecule has 7 nitrogen and oxygen atoms in total. The standard InChI is InChI=1S/C22H37O7PS/c1-6-9-12-30(13-10-7-2,14-11-8-3)29-31(25,26)20-16-18(21(23)27-4)15-19(17-20)22(24)28-5/h15-17,30H,6-14H2,1-5H3. The molecule has 0 radical (unpaired) electrons. The zero-order valence-corrected chi connectivity index (χ0v) is 21.2. The Morgan fingerprint density at radius 1 is 0.774 bits per heavy atom. The Morgan fingerprint density at radius 2 is 1.16 bits per heavy atom. The second kappa shape index (κ2) is 13.1. The van der Waals surface area contributed by atoms with Crippen LogP contribution >= 0.6 is 7.49 Å². The number of ether oxygens (including phenoxy) is 2. The molecule has 0 aliphatic heterocycles. The van der Waals surface area contributed by atoms with Gasteiger partial charge in [-0.2, -0.15) is 0 Å². The maximum atomic E-state index is 13.4. The number of carbonyl (C=O) groups excluding carboxylic acids is 2. The monoisotopic (exact) mass is 476 g/mol. The normalized spacial score (nSPS) is 12.4.